The number of anilines is 1. The van der Waals surface area contributed by atoms with Crippen LogP contribution in [-0.2, 0) is 17.4 Å². The van der Waals surface area contributed by atoms with E-state index < -0.39 is 4.92 Å². The highest BCUT2D eigenvalue weighted by Crippen LogP contribution is 2.65. The lowest BCUT2D eigenvalue weighted by Gasteiger charge is -2.61. The van der Waals surface area contributed by atoms with Crippen LogP contribution >= 0.6 is 15.9 Å². The van der Waals surface area contributed by atoms with E-state index in [9.17, 15) is 14.9 Å². The van der Waals surface area contributed by atoms with Crippen molar-refractivity contribution in [3.05, 3.63) is 32.7 Å². The molecule has 2 heterocycles. The molecule has 0 spiro atoms. The first-order valence-corrected chi connectivity index (χ1v) is 11.2. The zero-order valence-electron chi connectivity index (χ0n) is 17.1. The molecule has 1 N–H and O–H groups in total. The number of nitrogens with one attached hydrogen (secondary N) is 1. The Morgan fingerprint density at radius 2 is 2.07 bits per heavy atom. The summed E-state index contributed by atoms with van der Waals surface area (Å²) in [7, 11) is 1.86. The van der Waals surface area contributed by atoms with Gasteiger partial charge in [0.25, 0.3) is 0 Å². The maximum Gasteiger partial charge on any atom is 0.404 e. The Labute approximate surface area is 182 Å². The van der Waals surface area contributed by atoms with Crippen LogP contribution in [0.4, 0.5) is 11.5 Å². The second-order valence-electron chi connectivity index (χ2n) is 9.68. The van der Waals surface area contributed by atoms with Gasteiger partial charge in [-0.3, -0.25) is 9.48 Å². The molecule has 2 aromatic heterocycles. The molecule has 0 aromatic carbocycles. The first kappa shape index (κ1) is 19.7. The maximum absolute atomic E-state index is 13.0. The molecule has 4 aliphatic rings. The first-order chi connectivity index (χ1) is 14.2. The average Bonchev–Trinajstić information content (AvgIpc) is 3.18. The van der Waals surface area contributed by atoms with Gasteiger partial charge in [0.05, 0.1) is 34.4 Å². The number of hydrogen-bond donors (Lipinski definition) is 1. The predicted octanol–water partition coefficient (Wildman–Crippen LogP) is 3.92. The standard InChI is InChI=1S/C20H25BrN6O3/c1-12-16(9-22-25(12)2)23-17(28)8-19-4-13-3-14(5-19)7-20(6-13,11-19)26-10-15(21)18(24-26)27(29)30/h9-10,13-14H,3-8,11H2,1-2H3,(H,23,28). The minimum atomic E-state index is -0.444. The molecule has 10 heteroatoms. The predicted molar refractivity (Wildman–Crippen MR) is 113 cm³/mol. The molecule has 0 radical (unpaired) electrons. The Morgan fingerprint density at radius 3 is 2.63 bits per heavy atom. The molecule has 30 heavy (non-hydrogen) atoms. The molecular formula is C20H25BrN6O3. The third-order valence-corrected chi connectivity index (χ3v) is 8.07. The molecule has 4 aliphatic carbocycles. The van der Waals surface area contributed by atoms with Gasteiger partial charge in [-0.1, -0.05) is 0 Å². The van der Waals surface area contributed by atoms with E-state index >= 15 is 0 Å². The molecule has 9 nitrogen and oxygen atoms in total. The average molecular weight is 477 g/mol. The number of carbonyl (C=O) groups excluding carboxylic acids is 1. The third kappa shape index (κ3) is 3.07. The Hall–Kier alpha value is -2.23. The largest absolute Gasteiger partial charge is 0.404 e. The summed E-state index contributed by atoms with van der Waals surface area (Å²) in [5.74, 6) is 0.975. The monoisotopic (exact) mass is 476 g/mol. The zero-order chi connectivity index (χ0) is 21.3. The Bertz CT molecular complexity index is 1030. The molecule has 2 unspecified atom stereocenters. The summed E-state index contributed by atoms with van der Waals surface area (Å²) in [6.45, 7) is 1.94. The van der Waals surface area contributed by atoms with Crippen molar-refractivity contribution in [2.24, 2.45) is 24.3 Å². The van der Waals surface area contributed by atoms with Crippen LogP contribution in [0.2, 0.25) is 0 Å². The molecule has 1 amide bonds. The fourth-order valence-corrected chi connectivity index (χ4v) is 7.16. The summed E-state index contributed by atoms with van der Waals surface area (Å²) < 4.78 is 4.00. The minimum Gasteiger partial charge on any atom is -0.358 e. The number of carbonyl (C=O) groups is 1. The van der Waals surface area contributed by atoms with E-state index in [1.165, 1.54) is 6.42 Å². The van der Waals surface area contributed by atoms with Crippen molar-refractivity contribution in [2.75, 3.05) is 5.32 Å². The first-order valence-electron chi connectivity index (χ1n) is 10.4. The van der Waals surface area contributed by atoms with Crippen molar-refractivity contribution >= 4 is 33.3 Å². The lowest BCUT2D eigenvalue weighted by atomic mass is 9.46. The summed E-state index contributed by atoms with van der Waals surface area (Å²) in [5, 5.41) is 22.9. The van der Waals surface area contributed by atoms with Crippen LogP contribution in [0.15, 0.2) is 16.9 Å². The molecule has 160 valence electrons. The fourth-order valence-electron chi connectivity index (χ4n) is 6.74. The minimum absolute atomic E-state index is 0.0239. The molecule has 2 atom stereocenters. The van der Waals surface area contributed by atoms with E-state index in [0.29, 0.717) is 22.7 Å². The van der Waals surface area contributed by atoms with Crippen LogP contribution in [0.1, 0.15) is 50.6 Å². The van der Waals surface area contributed by atoms with Gasteiger partial charge in [-0.2, -0.15) is 9.78 Å². The van der Waals surface area contributed by atoms with E-state index in [-0.39, 0.29) is 22.7 Å². The van der Waals surface area contributed by atoms with Crippen LogP contribution < -0.4 is 5.32 Å². The van der Waals surface area contributed by atoms with E-state index in [1.807, 2.05) is 18.7 Å². The molecular weight excluding hydrogens is 452 g/mol. The van der Waals surface area contributed by atoms with Gasteiger partial charge in [0, 0.05) is 13.5 Å². The van der Waals surface area contributed by atoms with Gasteiger partial charge in [-0.05, 0) is 83.6 Å². The van der Waals surface area contributed by atoms with E-state index in [1.54, 1.807) is 17.1 Å². The summed E-state index contributed by atoms with van der Waals surface area (Å²) in [4.78, 5) is 23.8. The molecule has 0 saturated heterocycles. The lowest BCUT2D eigenvalue weighted by molar-refractivity contribution is -0.390. The molecule has 4 fully saturated rings. The second kappa shape index (κ2) is 6.63. The van der Waals surface area contributed by atoms with Crippen molar-refractivity contribution in [1.29, 1.82) is 0 Å². The number of nitro groups is 1. The van der Waals surface area contributed by atoms with Crippen LogP contribution in [0.3, 0.4) is 0 Å². The van der Waals surface area contributed by atoms with Crippen molar-refractivity contribution in [2.45, 2.75) is 57.4 Å². The lowest BCUT2D eigenvalue weighted by Crippen LogP contribution is -2.57. The van der Waals surface area contributed by atoms with Gasteiger partial charge in [0.15, 0.2) is 0 Å². The van der Waals surface area contributed by atoms with Crippen LogP contribution in [0.25, 0.3) is 0 Å². The quantitative estimate of drug-likeness (QED) is 0.519. The number of aryl methyl sites for hydroxylation is 1. The smallest absolute Gasteiger partial charge is 0.358 e. The van der Waals surface area contributed by atoms with Crippen LogP contribution in [0.5, 0.6) is 0 Å². The molecule has 4 bridgehead atoms. The Balaban J connectivity index is 1.41. The van der Waals surface area contributed by atoms with Gasteiger partial charge in [0.1, 0.15) is 4.47 Å². The zero-order valence-corrected chi connectivity index (χ0v) is 18.7. The Morgan fingerprint density at radius 1 is 1.37 bits per heavy atom. The number of rotatable bonds is 5. The van der Waals surface area contributed by atoms with Crippen molar-refractivity contribution in [3.8, 4) is 0 Å². The highest BCUT2D eigenvalue weighted by molar-refractivity contribution is 9.10. The van der Waals surface area contributed by atoms with Gasteiger partial charge >= 0.3 is 5.82 Å². The molecule has 4 saturated carbocycles. The SMILES string of the molecule is Cc1c(NC(=O)CC23CC4CC(C2)CC(n2cc(Br)c([N+](=O)[O-])n2)(C4)C3)cnn1C. The van der Waals surface area contributed by atoms with E-state index in [0.717, 1.165) is 43.5 Å². The van der Waals surface area contributed by atoms with Crippen molar-refractivity contribution in [1.82, 2.24) is 19.6 Å². The number of aromatic nitrogens is 4. The number of halogens is 1. The summed E-state index contributed by atoms with van der Waals surface area (Å²) >= 11 is 3.30. The number of hydrogen-bond acceptors (Lipinski definition) is 5. The van der Waals surface area contributed by atoms with Crippen LogP contribution in [0, 0.1) is 34.3 Å². The molecule has 6 rings (SSSR count). The highest BCUT2D eigenvalue weighted by atomic mass is 79.9. The van der Waals surface area contributed by atoms with Gasteiger partial charge in [-0.15, -0.1) is 0 Å². The molecule has 2 aromatic rings. The maximum atomic E-state index is 13.0. The van der Waals surface area contributed by atoms with E-state index in [4.69, 9.17) is 0 Å². The van der Waals surface area contributed by atoms with Gasteiger partial charge < -0.3 is 15.4 Å². The van der Waals surface area contributed by atoms with E-state index in [2.05, 4.69) is 31.4 Å². The topological polar surface area (TPSA) is 108 Å². The highest BCUT2D eigenvalue weighted by Gasteiger charge is 2.60. The number of amides is 1. The Kier molecular flexibility index (Phi) is 4.36. The normalized spacial score (nSPS) is 31.8. The van der Waals surface area contributed by atoms with Crippen molar-refractivity contribution in [3.63, 3.8) is 0 Å². The summed E-state index contributed by atoms with van der Waals surface area (Å²) in [6.07, 6.45) is 10.0. The van der Waals surface area contributed by atoms with Crippen molar-refractivity contribution < 1.29 is 9.72 Å². The summed E-state index contributed by atoms with van der Waals surface area (Å²) in [5.41, 5.74) is 1.38. The second-order valence-corrected chi connectivity index (χ2v) is 10.5. The summed E-state index contributed by atoms with van der Waals surface area (Å²) in [6, 6.07) is 0. The fraction of sp³-hybridized carbons (Fsp3) is 0.650. The molecule has 0 aliphatic heterocycles. The van der Waals surface area contributed by atoms with Gasteiger partial charge in [0.2, 0.25) is 5.91 Å². The number of nitrogens with zero attached hydrogens (tertiary/aromatic N) is 5. The third-order valence-electron chi connectivity index (χ3n) is 7.51. The van der Waals surface area contributed by atoms with Gasteiger partial charge in [-0.25, -0.2) is 0 Å². The van der Waals surface area contributed by atoms with Crippen LogP contribution in [-0.4, -0.2) is 30.4 Å².